The summed E-state index contributed by atoms with van der Waals surface area (Å²) in [5.41, 5.74) is 1.19. The van der Waals surface area contributed by atoms with Gasteiger partial charge in [-0.2, -0.15) is 4.98 Å². The Hall–Kier alpha value is -2.01. The molecule has 3 rings (SSSR count). The van der Waals surface area contributed by atoms with Gasteiger partial charge in [0.2, 0.25) is 5.95 Å². The van der Waals surface area contributed by atoms with Crippen molar-refractivity contribution in [3.63, 3.8) is 0 Å². The first kappa shape index (κ1) is 17.8. The average Bonchev–Trinajstić information content (AvgIpc) is 2.66. The highest BCUT2D eigenvalue weighted by molar-refractivity contribution is 6.30. The number of rotatable bonds is 6. The van der Waals surface area contributed by atoms with Crippen molar-refractivity contribution in [3.8, 4) is 0 Å². The summed E-state index contributed by atoms with van der Waals surface area (Å²) in [5, 5.41) is 0.787. The van der Waals surface area contributed by atoms with E-state index in [2.05, 4.69) is 39.7 Å². The maximum Gasteiger partial charge on any atom is 0.226 e. The molecule has 1 aliphatic heterocycles. The lowest BCUT2D eigenvalue weighted by Crippen LogP contribution is -2.47. The Balaban J connectivity index is 1.63. The first-order valence-corrected chi connectivity index (χ1v) is 9.35. The molecule has 1 aromatic carbocycles. The predicted molar refractivity (Wildman–Crippen MR) is 106 cm³/mol. The molecule has 6 heteroatoms. The molecule has 1 saturated heterocycles. The molecule has 0 amide bonds. The summed E-state index contributed by atoms with van der Waals surface area (Å²) in [6.07, 6.45) is 4.20. The minimum Gasteiger partial charge on any atom is -0.368 e. The topological polar surface area (TPSA) is 35.5 Å². The fourth-order valence-corrected chi connectivity index (χ4v) is 3.25. The van der Waals surface area contributed by atoms with Crippen LogP contribution < -0.4 is 14.7 Å². The van der Waals surface area contributed by atoms with Gasteiger partial charge < -0.3 is 14.7 Å². The summed E-state index contributed by atoms with van der Waals surface area (Å²) in [6.45, 7) is 7.01. The van der Waals surface area contributed by atoms with E-state index < -0.39 is 0 Å². The molecule has 0 radical (unpaired) electrons. The largest absolute Gasteiger partial charge is 0.368 e. The highest BCUT2D eigenvalue weighted by atomic mass is 35.5. The monoisotopic (exact) mass is 359 g/mol. The molecule has 2 heterocycles. The molecule has 0 saturated carbocycles. The van der Waals surface area contributed by atoms with Gasteiger partial charge in [-0.3, -0.25) is 0 Å². The zero-order valence-corrected chi connectivity index (χ0v) is 15.8. The van der Waals surface area contributed by atoms with Crippen LogP contribution in [-0.4, -0.2) is 49.7 Å². The Labute approximate surface area is 155 Å². The van der Waals surface area contributed by atoms with Crippen LogP contribution in [0.5, 0.6) is 0 Å². The van der Waals surface area contributed by atoms with Gasteiger partial charge in [-0.1, -0.05) is 31.0 Å². The van der Waals surface area contributed by atoms with E-state index in [0.29, 0.717) is 0 Å². The van der Waals surface area contributed by atoms with Crippen LogP contribution >= 0.6 is 11.6 Å². The first-order chi connectivity index (χ1) is 12.2. The molecule has 1 aromatic heterocycles. The van der Waals surface area contributed by atoms with Crippen molar-refractivity contribution in [2.24, 2.45) is 0 Å². The van der Waals surface area contributed by atoms with Gasteiger partial charge >= 0.3 is 0 Å². The number of hydrogen-bond donors (Lipinski definition) is 0. The Bertz CT molecular complexity index is 685. The van der Waals surface area contributed by atoms with Crippen LogP contribution in [0.25, 0.3) is 0 Å². The Morgan fingerprint density at radius 2 is 1.88 bits per heavy atom. The third-order valence-corrected chi connectivity index (χ3v) is 4.83. The molecular weight excluding hydrogens is 334 g/mol. The molecule has 0 aliphatic carbocycles. The summed E-state index contributed by atoms with van der Waals surface area (Å²) in [6, 6.07) is 10.1. The molecule has 134 valence electrons. The number of unbranched alkanes of at least 4 members (excludes halogenated alkanes) is 1. The average molecular weight is 360 g/mol. The lowest BCUT2D eigenvalue weighted by molar-refractivity contribution is 0.645. The van der Waals surface area contributed by atoms with E-state index in [1.54, 1.807) is 0 Å². The summed E-state index contributed by atoms with van der Waals surface area (Å²) < 4.78 is 0. The molecule has 0 spiro atoms. The highest BCUT2D eigenvalue weighted by Gasteiger charge is 2.19. The van der Waals surface area contributed by atoms with Crippen LogP contribution in [-0.2, 0) is 0 Å². The van der Waals surface area contributed by atoms with Crippen LogP contribution in [0.2, 0.25) is 5.02 Å². The van der Waals surface area contributed by atoms with E-state index in [1.807, 2.05) is 30.5 Å². The van der Waals surface area contributed by atoms with Crippen molar-refractivity contribution >= 4 is 29.1 Å². The molecule has 0 bridgehead atoms. The maximum atomic E-state index is 6.11. The van der Waals surface area contributed by atoms with Crippen LogP contribution in [0.1, 0.15) is 19.8 Å². The normalized spacial score (nSPS) is 14.7. The second-order valence-electron chi connectivity index (χ2n) is 6.44. The summed E-state index contributed by atoms with van der Waals surface area (Å²) in [5.74, 6) is 1.82. The van der Waals surface area contributed by atoms with E-state index in [1.165, 1.54) is 12.1 Å². The Kier molecular flexibility index (Phi) is 5.97. The molecule has 0 N–H and O–H groups in total. The summed E-state index contributed by atoms with van der Waals surface area (Å²) >= 11 is 6.11. The van der Waals surface area contributed by atoms with Gasteiger partial charge in [0.1, 0.15) is 5.82 Å². The summed E-state index contributed by atoms with van der Waals surface area (Å²) in [4.78, 5) is 16.0. The van der Waals surface area contributed by atoms with Gasteiger partial charge in [0, 0.05) is 56.7 Å². The van der Waals surface area contributed by atoms with Crippen molar-refractivity contribution in [2.45, 2.75) is 19.8 Å². The van der Waals surface area contributed by atoms with Crippen molar-refractivity contribution in [2.75, 3.05) is 54.5 Å². The Morgan fingerprint density at radius 1 is 1.12 bits per heavy atom. The lowest BCUT2D eigenvalue weighted by atomic mass is 10.2. The van der Waals surface area contributed by atoms with Gasteiger partial charge in [0.15, 0.2) is 0 Å². The van der Waals surface area contributed by atoms with E-state index in [9.17, 15) is 0 Å². The number of nitrogens with zero attached hydrogens (tertiary/aromatic N) is 5. The molecule has 5 nitrogen and oxygen atoms in total. The molecule has 0 unspecified atom stereocenters. The molecule has 2 aromatic rings. The number of piperazine rings is 1. The van der Waals surface area contributed by atoms with Gasteiger partial charge in [-0.25, -0.2) is 4.98 Å². The van der Waals surface area contributed by atoms with Crippen molar-refractivity contribution in [1.29, 1.82) is 0 Å². The number of benzene rings is 1. The zero-order valence-electron chi connectivity index (χ0n) is 15.0. The SMILES string of the molecule is CCCCN(C)c1nccc(N2CCN(c3cccc(Cl)c3)CC2)n1. The Morgan fingerprint density at radius 3 is 2.60 bits per heavy atom. The van der Waals surface area contributed by atoms with Crippen LogP contribution in [0.3, 0.4) is 0 Å². The van der Waals surface area contributed by atoms with Crippen LogP contribution in [0.15, 0.2) is 36.5 Å². The third kappa shape index (κ3) is 4.54. The van der Waals surface area contributed by atoms with Crippen LogP contribution in [0.4, 0.5) is 17.5 Å². The predicted octanol–water partition coefficient (Wildman–Crippen LogP) is 3.69. The zero-order chi connectivity index (χ0) is 17.6. The van der Waals surface area contributed by atoms with Crippen molar-refractivity contribution in [1.82, 2.24) is 9.97 Å². The van der Waals surface area contributed by atoms with E-state index in [4.69, 9.17) is 16.6 Å². The smallest absolute Gasteiger partial charge is 0.226 e. The second kappa shape index (κ2) is 8.39. The molecule has 1 fully saturated rings. The van der Waals surface area contributed by atoms with E-state index in [-0.39, 0.29) is 0 Å². The number of aromatic nitrogens is 2. The molecular formula is C19H26ClN5. The van der Waals surface area contributed by atoms with E-state index in [0.717, 1.165) is 55.9 Å². The minimum absolute atomic E-state index is 0.787. The fourth-order valence-electron chi connectivity index (χ4n) is 3.06. The fraction of sp³-hybridized carbons (Fsp3) is 0.474. The van der Waals surface area contributed by atoms with Crippen molar-refractivity contribution in [3.05, 3.63) is 41.6 Å². The number of halogens is 1. The molecule has 0 atom stereocenters. The number of anilines is 3. The maximum absolute atomic E-state index is 6.11. The third-order valence-electron chi connectivity index (χ3n) is 4.59. The van der Waals surface area contributed by atoms with Gasteiger partial charge in [-0.15, -0.1) is 0 Å². The lowest BCUT2D eigenvalue weighted by Gasteiger charge is -2.37. The number of hydrogen-bond acceptors (Lipinski definition) is 5. The van der Waals surface area contributed by atoms with Crippen LogP contribution in [0, 0.1) is 0 Å². The van der Waals surface area contributed by atoms with Crippen molar-refractivity contribution < 1.29 is 0 Å². The molecule has 1 aliphatic rings. The van der Waals surface area contributed by atoms with Gasteiger partial charge in [0.05, 0.1) is 0 Å². The standard InChI is InChI=1S/C19H26ClN5/c1-3-4-10-23(2)19-21-9-8-18(22-19)25-13-11-24(12-14-25)17-7-5-6-16(20)15-17/h5-9,15H,3-4,10-14H2,1-2H3. The van der Waals surface area contributed by atoms with Gasteiger partial charge in [0.25, 0.3) is 0 Å². The quantitative estimate of drug-likeness (QED) is 0.786. The molecule has 25 heavy (non-hydrogen) atoms. The minimum atomic E-state index is 0.787. The first-order valence-electron chi connectivity index (χ1n) is 8.97. The van der Waals surface area contributed by atoms with Gasteiger partial charge in [-0.05, 0) is 30.7 Å². The summed E-state index contributed by atoms with van der Waals surface area (Å²) in [7, 11) is 2.06. The highest BCUT2D eigenvalue weighted by Crippen LogP contribution is 2.22. The van der Waals surface area contributed by atoms with E-state index >= 15 is 0 Å². The second-order valence-corrected chi connectivity index (χ2v) is 6.88.